The van der Waals surface area contributed by atoms with E-state index >= 15 is 0 Å². The lowest BCUT2D eigenvalue weighted by molar-refractivity contribution is 0.0957. The summed E-state index contributed by atoms with van der Waals surface area (Å²) in [5.41, 5.74) is 5.57. The fraction of sp³-hybridized carbons (Fsp3) is 0.200. The Morgan fingerprint density at radius 2 is 1.68 bits per heavy atom. The Morgan fingerprint density at radius 1 is 0.929 bits per heavy atom. The molecule has 3 heteroatoms. The summed E-state index contributed by atoms with van der Waals surface area (Å²) in [6.45, 7) is 2.19. The smallest absolute Gasteiger partial charge is 0.267 e. The molecule has 1 N–H and O–H groups in total. The molecule has 3 aromatic rings. The van der Waals surface area contributed by atoms with Gasteiger partial charge in [-0.05, 0) is 40.8 Å². The van der Waals surface area contributed by atoms with E-state index in [9.17, 15) is 4.79 Å². The number of carbonyl (C=O) groups excluding carboxylic acids is 1. The molecule has 142 valence electrons. The van der Waals surface area contributed by atoms with Gasteiger partial charge in [0, 0.05) is 5.56 Å². The number of hydrogen-bond acceptors (Lipinski definition) is 2. The zero-order valence-corrected chi connectivity index (χ0v) is 16.3. The van der Waals surface area contributed by atoms with Crippen LogP contribution >= 0.6 is 0 Å². The predicted molar refractivity (Wildman–Crippen MR) is 118 cm³/mol. The number of hydrogen-bond donors (Lipinski definition) is 1. The average Bonchev–Trinajstić information content (AvgIpc) is 2.74. The molecule has 3 rings (SSSR count). The molecule has 0 atom stereocenters. The summed E-state index contributed by atoms with van der Waals surface area (Å²) in [5.74, 6) is -0.194. The first kappa shape index (κ1) is 19.6. The highest BCUT2D eigenvalue weighted by Crippen LogP contribution is 2.18. The van der Waals surface area contributed by atoms with Gasteiger partial charge in [0.15, 0.2) is 0 Å². The van der Waals surface area contributed by atoms with Crippen LogP contribution < -0.4 is 5.43 Å². The Balaban J connectivity index is 1.73. The number of amides is 1. The number of nitrogens with one attached hydrogen (secondary N) is 1. The van der Waals surface area contributed by atoms with Crippen LogP contribution in [0.3, 0.4) is 0 Å². The minimum Gasteiger partial charge on any atom is -0.267 e. The van der Waals surface area contributed by atoms with E-state index in [-0.39, 0.29) is 5.91 Å². The average molecular weight is 370 g/mol. The second-order valence-corrected chi connectivity index (χ2v) is 6.81. The molecule has 1 amide bonds. The number of fused-ring (bicyclic) bond motifs is 1. The van der Waals surface area contributed by atoms with Gasteiger partial charge in [0.05, 0.1) is 6.21 Å². The van der Waals surface area contributed by atoms with E-state index in [1.54, 1.807) is 6.21 Å². The molecule has 0 unspecified atom stereocenters. The fourth-order valence-corrected chi connectivity index (χ4v) is 3.17. The minimum atomic E-state index is -0.194. The highest BCUT2D eigenvalue weighted by molar-refractivity contribution is 6.07. The topological polar surface area (TPSA) is 41.5 Å². The van der Waals surface area contributed by atoms with E-state index < -0.39 is 0 Å². The summed E-state index contributed by atoms with van der Waals surface area (Å²) in [6, 6.07) is 23.8. The van der Waals surface area contributed by atoms with Crippen LogP contribution in [0.25, 0.3) is 16.8 Å². The molecule has 0 aliphatic rings. The van der Waals surface area contributed by atoms with Crippen molar-refractivity contribution in [3.63, 3.8) is 0 Å². The van der Waals surface area contributed by atoms with E-state index in [0.717, 1.165) is 34.8 Å². The Bertz CT molecular complexity index is 969. The van der Waals surface area contributed by atoms with Crippen molar-refractivity contribution in [2.45, 2.75) is 32.6 Å². The molecular formula is C25H26N2O. The largest absolute Gasteiger partial charge is 0.271 e. The van der Waals surface area contributed by atoms with Gasteiger partial charge in [0.1, 0.15) is 0 Å². The second-order valence-electron chi connectivity index (χ2n) is 6.81. The molecule has 0 fully saturated rings. The van der Waals surface area contributed by atoms with Crippen LogP contribution in [0.4, 0.5) is 0 Å². The Kier molecular flexibility index (Phi) is 7.14. The van der Waals surface area contributed by atoms with Gasteiger partial charge in [-0.1, -0.05) is 92.6 Å². The van der Waals surface area contributed by atoms with Crippen LogP contribution in [-0.2, 0) is 0 Å². The van der Waals surface area contributed by atoms with Crippen molar-refractivity contribution in [2.24, 2.45) is 5.10 Å². The van der Waals surface area contributed by atoms with Crippen LogP contribution in [0.15, 0.2) is 83.5 Å². The third-order valence-corrected chi connectivity index (χ3v) is 4.65. The van der Waals surface area contributed by atoms with Gasteiger partial charge >= 0.3 is 0 Å². The molecule has 0 bridgehead atoms. The fourth-order valence-electron chi connectivity index (χ4n) is 3.17. The van der Waals surface area contributed by atoms with Crippen molar-refractivity contribution in [1.82, 2.24) is 5.43 Å². The molecule has 28 heavy (non-hydrogen) atoms. The zero-order chi connectivity index (χ0) is 19.6. The van der Waals surface area contributed by atoms with Crippen LogP contribution in [-0.4, -0.2) is 12.1 Å². The lowest BCUT2D eigenvalue weighted by Gasteiger charge is -2.06. The third kappa shape index (κ3) is 5.40. The molecule has 0 aliphatic carbocycles. The van der Waals surface area contributed by atoms with E-state index in [4.69, 9.17) is 0 Å². The van der Waals surface area contributed by atoms with E-state index in [2.05, 4.69) is 35.7 Å². The second kappa shape index (κ2) is 10.2. The van der Waals surface area contributed by atoms with Gasteiger partial charge in [0.2, 0.25) is 0 Å². The van der Waals surface area contributed by atoms with E-state index in [1.165, 1.54) is 12.8 Å². The number of hydrazone groups is 1. The first-order chi connectivity index (χ1) is 13.8. The van der Waals surface area contributed by atoms with Gasteiger partial charge < -0.3 is 0 Å². The van der Waals surface area contributed by atoms with Crippen molar-refractivity contribution in [1.29, 1.82) is 0 Å². The number of rotatable bonds is 8. The monoisotopic (exact) mass is 370 g/mol. The first-order valence-corrected chi connectivity index (χ1v) is 9.84. The number of carbonyl (C=O) groups is 1. The Hall–Kier alpha value is -3.20. The SMILES string of the molecule is CCCCC/C(C=NNC(=O)c1cccc2ccccc12)=C/c1ccccc1. The number of unbranched alkanes of at least 4 members (excludes halogenated alkanes) is 2. The van der Waals surface area contributed by atoms with Gasteiger partial charge in [-0.15, -0.1) is 0 Å². The molecular weight excluding hydrogens is 344 g/mol. The number of benzene rings is 3. The van der Waals surface area contributed by atoms with Crippen molar-refractivity contribution in [2.75, 3.05) is 0 Å². The van der Waals surface area contributed by atoms with Crippen LogP contribution in [0, 0.1) is 0 Å². The molecule has 0 radical (unpaired) electrons. The summed E-state index contributed by atoms with van der Waals surface area (Å²) in [4.78, 5) is 12.6. The maximum Gasteiger partial charge on any atom is 0.271 e. The molecule has 0 saturated carbocycles. The van der Waals surface area contributed by atoms with E-state index in [1.807, 2.05) is 60.7 Å². The lowest BCUT2D eigenvalue weighted by Crippen LogP contribution is -2.18. The summed E-state index contributed by atoms with van der Waals surface area (Å²) >= 11 is 0. The predicted octanol–water partition coefficient (Wildman–Crippen LogP) is 6.22. The molecule has 0 aliphatic heterocycles. The van der Waals surface area contributed by atoms with E-state index in [0.29, 0.717) is 5.56 Å². The highest BCUT2D eigenvalue weighted by Gasteiger charge is 2.08. The number of nitrogens with zero attached hydrogens (tertiary/aromatic N) is 1. The van der Waals surface area contributed by atoms with Crippen molar-refractivity contribution in [3.05, 3.63) is 89.5 Å². The molecule has 3 aromatic carbocycles. The Labute approximate surface area is 166 Å². The molecule has 0 spiro atoms. The Morgan fingerprint density at radius 3 is 2.50 bits per heavy atom. The number of allylic oxidation sites excluding steroid dienone is 1. The zero-order valence-electron chi connectivity index (χ0n) is 16.3. The quantitative estimate of drug-likeness (QED) is 0.285. The first-order valence-electron chi connectivity index (χ1n) is 9.84. The van der Waals surface area contributed by atoms with Crippen molar-refractivity contribution >= 4 is 29.0 Å². The van der Waals surface area contributed by atoms with Crippen LogP contribution in [0.5, 0.6) is 0 Å². The van der Waals surface area contributed by atoms with Gasteiger partial charge in [-0.2, -0.15) is 5.10 Å². The summed E-state index contributed by atoms with van der Waals surface area (Å²) < 4.78 is 0. The molecule has 3 nitrogen and oxygen atoms in total. The standard InChI is InChI=1S/C25H26N2O/c1-2-3-5-13-21(18-20-11-6-4-7-12-20)19-26-27-25(28)24-17-10-15-22-14-8-9-16-23(22)24/h4,6-12,14-19H,2-3,5,13H2,1H3,(H,27,28)/b21-18-,26-19?. The van der Waals surface area contributed by atoms with Crippen molar-refractivity contribution < 1.29 is 4.79 Å². The maximum absolute atomic E-state index is 12.6. The highest BCUT2D eigenvalue weighted by atomic mass is 16.2. The van der Waals surface area contributed by atoms with Gasteiger partial charge in [0.25, 0.3) is 5.91 Å². The maximum atomic E-state index is 12.6. The van der Waals surface area contributed by atoms with Gasteiger partial charge in [-0.25, -0.2) is 5.43 Å². The van der Waals surface area contributed by atoms with Crippen LogP contribution in [0.1, 0.15) is 48.5 Å². The molecule has 0 aromatic heterocycles. The van der Waals surface area contributed by atoms with Crippen molar-refractivity contribution in [3.8, 4) is 0 Å². The summed E-state index contributed by atoms with van der Waals surface area (Å²) in [5, 5.41) is 6.21. The third-order valence-electron chi connectivity index (χ3n) is 4.65. The van der Waals surface area contributed by atoms with Gasteiger partial charge in [-0.3, -0.25) is 4.79 Å². The summed E-state index contributed by atoms with van der Waals surface area (Å²) in [6.07, 6.45) is 8.31. The normalized spacial score (nSPS) is 11.8. The minimum absolute atomic E-state index is 0.194. The summed E-state index contributed by atoms with van der Waals surface area (Å²) in [7, 11) is 0. The van der Waals surface area contributed by atoms with Crippen LogP contribution in [0.2, 0.25) is 0 Å². The lowest BCUT2D eigenvalue weighted by atomic mass is 10.0. The molecule has 0 saturated heterocycles. The molecule has 0 heterocycles.